The lowest BCUT2D eigenvalue weighted by Crippen LogP contribution is -2.08. The quantitative estimate of drug-likeness (QED) is 0.715. The van der Waals surface area contributed by atoms with E-state index in [1.54, 1.807) is 24.3 Å². The molecule has 0 aliphatic carbocycles. The number of aromatic amines is 1. The Bertz CT molecular complexity index is 851. The number of nitrogens with one attached hydrogen (secondary N) is 1. The van der Waals surface area contributed by atoms with Crippen molar-refractivity contribution < 1.29 is 13.2 Å². The summed E-state index contributed by atoms with van der Waals surface area (Å²) in [6, 6.07) is 13.5. The standard InChI is InChI=1S/C16H10F3NO/c17-16(18,19)11-6-7-12-14(8-11)20-13(9-15(12)21)10-4-2-1-3-5-10/h1-9H,(H,20,21). The molecule has 0 spiro atoms. The van der Waals surface area contributed by atoms with Gasteiger partial charge in [0.05, 0.1) is 11.1 Å². The molecule has 21 heavy (non-hydrogen) atoms. The molecule has 0 fully saturated rings. The van der Waals surface area contributed by atoms with E-state index in [4.69, 9.17) is 0 Å². The molecule has 0 saturated heterocycles. The van der Waals surface area contributed by atoms with E-state index in [0.29, 0.717) is 5.69 Å². The topological polar surface area (TPSA) is 32.9 Å². The Morgan fingerprint density at radius 1 is 0.905 bits per heavy atom. The van der Waals surface area contributed by atoms with Crippen LogP contribution in [-0.2, 0) is 6.18 Å². The predicted octanol–water partition coefficient (Wildman–Crippen LogP) is 4.21. The van der Waals surface area contributed by atoms with Crippen LogP contribution in [-0.4, -0.2) is 4.98 Å². The molecule has 0 aliphatic heterocycles. The zero-order valence-electron chi connectivity index (χ0n) is 10.7. The lowest BCUT2D eigenvalue weighted by atomic mass is 10.1. The highest BCUT2D eigenvalue weighted by Crippen LogP contribution is 2.30. The second kappa shape index (κ2) is 4.77. The molecule has 0 radical (unpaired) electrons. The Kier molecular flexibility index (Phi) is 3.05. The highest BCUT2D eigenvalue weighted by Gasteiger charge is 2.30. The van der Waals surface area contributed by atoms with Crippen LogP contribution in [0.2, 0.25) is 0 Å². The van der Waals surface area contributed by atoms with Crippen molar-refractivity contribution in [3.05, 3.63) is 70.4 Å². The first kappa shape index (κ1) is 13.4. The Hall–Kier alpha value is -2.56. The molecule has 3 rings (SSSR count). The van der Waals surface area contributed by atoms with Crippen LogP contribution in [0.25, 0.3) is 22.2 Å². The number of hydrogen-bond acceptors (Lipinski definition) is 1. The fourth-order valence-electron chi connectivity index (χ4n) is 2.20. The number of rotatable bonds is 1. The van der Waals surface area contributed by atoms with Gasteiger partial charge in [-0.3, -0.25) is 4.79 Å². The fourth-order valence-corrected chi connectivity index (χ4v) is 2.20. The molecule has 3 aromatic rings. The number of hydrogen-bond donors (Lipinski definition) is 1. The Morgan fingerprint density at radius 3 is 2.29 bits per heavy atom. The van der Waals surface area contributed by atoms with Gasteiger partial charge in [0.2, 0.25) is 0 Å². The average Bonchev–Trinajstić information content (AvgIpc) is 2.46. The van der Waals surface area contributed by atoms with Gasteiger partial charge in [0.1, 0.15) is 0 Å². The van der Waals surface area contributed by atoms with E-state index >= 15 is 0 Å². The lowest BCUT2D eigenvalue weighted by molar-refractivity contribution is -0.137. The first-order valence-corrected chi connectivity index (χ1v) is 6.25. The number of fused-ring (bicyclic) bond motifs is 1. The summed E-state index contributed by atoms with van der Waals surface area (Å²) in [7, 11) is 0. The number of aromatic nitrogens is 1. The van der Waals surface area contributed by atoms with Gasteiger partial charge in [0.25, 0.3) is 0 Å². The Balaban J connectivity index is 2.24. The molecular weight excluding hydrogens is 279 g/mol. The Morgan fingerprint density at radius 2 is 1.62 bits per heavy atom. The largest absolute Gasteiger partial charge is 0.416 e. The van der Waals surface area contributed by atoms with E-state index in [9.17, 15) is 18.0 Å². The third-order valence-corrected chi connectivity index (χ3v) is 3.24. The van der Waals surface area contributed by atoms with Gasteiger partial charge in [0, 0.05) is 17.1 Å². The summed E-state index contributed by atoms with van der Waals surface area (Å²) in [6.07, 6.45) is -4.44. The summed E-state index contributed by atoms with van der Waals surface area (Å²) in [6.45, 7) is 0. The second-order valence-electron chi connectivity index (χ2n) is 4.67. The summed E-state index contributed by atoms with van der Waals surface area (Å²) in [5, 5.41) is 0.239. The summed E-state index contributed by atoms with van der Waals surface area (Å²) >= 11 is 0. The minimum atomic E-state index is -4.44. The summed E-state index contributed by atoms with van der Waals surface area (Å²) < 4.78 is 38.2. The number of H-pyrrole nitrogens is 1. The van der Waals surface area contributed by atoms with Crippen molar-refractivity contribution in [1.82, 2.24) is 4.98 Å². The van der Waals surface area contributed by atoms with Crippen LogP contribution in [0.1, 0.15) is 5.56 Å². The van der Waals surface area contributed by atoms with Gasteiger partial charge in [0.15, 0.2) is 5.43 Å². The van der Waals surface area contributed by atoms with Gasteiger partial charge < -0.3 is 4.98 Å². The van der Waals surface area contributed by atoms with Crippen LogP contribution >= 0.6 is 0 Å². The van der Waals surface area contributed by atoms with Gasteiger partial charge >= 0.3 is 6.18 Å². The molecule has 2 aromatic carbocycles. The highest BCUT2D eigenvalue weighted by atomic mass is 19.4. The number of pyridine rings is 1. The third-order valence-electron chi connectivity index (χ3n) is 3.24. The van der Waals surface area contributed by atoms with Crippen molar-refractivity contribution in [1.29, 1.82) is 0 Å². The minimum Gasteiger partial charge on any atom is -0.354 e. The maximum absolute atomic E-state index is 12.7. The van der Waals surface area contributed by atoms with E-state index in [1.807, 2.05) is 6.07 Å². The molecule has 1 heterocycles. The molecule has 1 N–H and O–H groups in total. The maximum Gasteiger partial charge on any atom is 0.416 e. The van der Waals surface area contributed by atoms with E-state index in [-0.39, 0.29) is 16.3 Å². The van der Waals surface area contributed by atoms with Gasteiger partial charge in [-0.25, -0.2) is 0 Å². The highest BCUT2D eigenvalue weighted by molar-refractivity contribution is 5.82. The molecule has 0 aliphatic rings. The molecular formula is C16H10F3NO. The average molecular weight is 289 g/mol. The van der Waals surface area contributed by atoms with Gasteiger partial charge in [-0.1, -0.05) is 30.3 Å². The number of benzene rings is 2. The zero-order valence-corrected chi connectivity index (χ0v) is 10.7. The zero-order chi connectivity index (χ0) is 15.0. The molecule has 0 bridgehead atoms. The predicted molar refractivity (Wildman–Crippen MR) is 75.0 cm³/mol. The van der Waals surface area contributed by atoms with Crippen molar-refractivity contribution in [2.75, 3.05) is 0 Å². The van der Waals surface area contributed by atoms with Crippen LogP contribution in [0, 0.1) is 0 Å². The number of alkyl halides is 3. The van der Waals surface area contributed by atoms with Crippen molar-refractivity contribution in [3.8, 4) is 11.3 Å². The monoisotopic (exact) mass is 289 g/mol. The minimum absolute atomic E-state index is 0.177. The molecule has 0 unspecified atom stereocenters. The van der Waals surface area contributed by atoms with Crippen molar-refractivity contribution in [3.63, 3.8) is 0 Å². The SMILES string of the molecule is O=c1cc(-c2ccccc2)[nH]c2cc(C(F)(F)F)ccc12. The van der Waals surface area contributed by atoms with E-state index in [1.165, 1.54) is 12.1 Å². The van der Waals surface area contributed by atoms with Gasteiger partial charge in [-0.05, 0) is 23.8 Å². The van der Waals surface area contributed by atoms with Crippen molar-refractivity contribution in [2.45, 2.75) is 6.18 Å². The van der Waals surface area contributed by atoms with Crippen LogP contribution in [0.15, 0.2) is 59.4 Å². The van der Waals surface area contributed by atoms with E-state index in [0.717, 1.165) is 17.7 Å². The first-order valence-electron chi connectivity index (χ1n) is 6.25. The summed E-state index contributed by atoms with van der Waals surface area (Å²) in [4.78, 5) is 14.9. The second-order valence-corrected chi connectivity index (χ2v) is 4.67. The fraction of sp³-hybridized carbons (Fsp3) is 0.0625. The molecule has 1 aromatic heterocycles. The van der Waals surface area contributed by atoms with Crippen molar-refractivity contribution in [2.24, 2.45) is 0 Å². The van der Waals surface area contributed by atoms with Gasteiger partial charge in [-0.15, -0.1) is 0 Å². The Labute approximate surface area is 117 Å². The van der Waals surface area contributed by atoms with Crippen LogP contribution < -0.4 is 5.43 Å². The smallest absolute Gasteiger partial charge is 0.354 e. The maximum atomic E-state index is 12.7. The molecule has 106 valence electrons. The van der Waals surface area contributed by atoms with E-state index in [2.05, 4.69) is 4.98 Å². The van der Waals surface area contributed by atoms with E-state index < -0.39 is 11.7 Å². The van der Waals surface area contributed by atoms with Crippen LogP contribution in [0.5, 0.6) is 0 Å². The van der Waals surface area contributed by atoms with Crippen LogP contribution in [0.4, 0.5) is 13.2 Å². The summed E-state index contributed by atoms with van der Waals surface area (Å²) in [5.74, 6) is 0. The molecule has 2 nitrogen and oxygen atoms in total. The van der Waals surface area contributed by atoms with Crippen LogP contribution in [0.3, 0.4) is 0 Å². The third kappa shape index (κ3) is 2.54. The number of halogens is 3. The summed E-state index contributed by atoms with van der Waals surface area (Å²) in [5.41, 5.74) is 0.324. The molecule has 0 amide bonds. The molecule has 5 heteroatoms. The van der Waals surface area contributed by atoms with Crippen molar-refractivity contribution >= 4 is 10.9 Å². The van der Waals surface area contributed by atoms with Gasteiger partial charge in [-0.2, -0.15) is 13.2 Å². The lowest BCUT2D eigenvalue weighted by Gasteiger charge is -2.09. The first-order chi connectivity index (χ1) is 9.95. The molecule has 0 atom stereocenters. The molecule has 0 saturated carbocycles. The normalized spacial score (nSPS) is 11.8.